The second kappa shape index (κ2) is 15.2. The van der Waals surface area contributed by atoms with Gasteiger partial charge in [0.05, 0.1) is 36.4 Å². The van der Waals surface area contributed by atoms with Crippen LogP contribution in [0, 0.1) is 17.8 Å². The first-order valence-corrected chi connectivity index (χ1v) is 18.6. The summed E-state index contributed by atoms with van der Waals surface area (Å²) in [7, 11) is -2.32. The Morgan fingerprint density at radius 2 is 1.89 bits per heavy atom. The Balaban J connectivity index is 1.52. The zero-order valence-corrected chi connectivity index (χ0v) is 28.9. The molecule has 2 aromatic carbocycles. The molecule has 2 aromatic rings. The van der Waals surface area contributed by atoms with E-state index in [-0.39, 0.29) is 29.9 Å². The highest BCUT2D eigenvalue weighted by molar-refractivity contribution is 7.90. The van der Waals surface area contributed by atoms with Crippen LogP contribution in [0.3, 0.4) is 0 Å². The predicted molar refractivity (Wildman–Crippen MR) is 180 cm³/mol. The van der Waals surface area contributed by atoms with E-state index in [0.717, 1.165) is 55.5 Å². The number of nitrogens with one attached hydrogen (secondary N) is 1. The maximum absolute atomic E-state index is 13.4. The summed E-state index contributed by atoms with van der Waals surface area (Å²) >= 11 is 6.34. The lowest BCUT2D eigenvalue weighted by Crippen LogP contribution is -2.53. The summed E-state index contributed by atoms with van der Waals surface area (Å²) in [6.07, 6.45) is 6.34. The average Bonchev–Trinajstić information content (AvgIpc) is 3.03. The van der Waals surface area contributed by atoms with E-state index in [0.29, 0.717) is 56.4 Å². The molecule has 1 fully saturated rings. The SMILES string of the molecule is COCCOC[C@]1(O)CCC[C@H](C)[C@@H](C)S(=O)(=O)NC(=O)c2ccc3c(c2)N(CCCCc2cc(Cl)ccc2CO3)C[C@@H]2CC[C@H]21. The molecule has 9 nitrogen and oxygen atoms in total. The molecule has 0 saturated heterocycles. The number of amides is 1. The predicted octanol–water partition coefficient (Wildman–Crippen LogP) is 5.75. The number of carbonyl (C=O) groups is 1. The molecule has 0 unspecified atom stereocenters. The average molecular weight is 677 g/mol. The molecule has 1 aliphatic carbocycles. The molecule has 0 radical (unpaired) electrons. The summed E-state index contributed by atoms with van der Waals surface area (Å²) in [4.78, 5) is 15.7. The summed E-state index contributed by atoms with van der Waals surface area (Å²) in [5, 5.41) is 12.1. The van der Waals surface area contributed by atoms with Crippen LogP contribution in [0.25, 0.3) is 0 Å². The van der Waals surface area contributed by atoms with Gasteiger partial charge in [0.2, 0.25) is 10.0 Å². The van der Waals surface area contributed by atoms with Crippen molar-refractivity contribution in [1.82, 2.24) is 4.72 Å². The van der Waals surface area contributed by atoms with Gasteiger partial charge >= 0.3 is 0 Å². The van der Waals surface area contributed by atoms with Crippen LogP contribution >= 0.6 is 11.6 Å². The number of aryl methyl sites for hydroxylation is 1. The highest BCUT2D eigenvalue weighted by Gasteiger charge is 2.47. The molecule has 0 spiro atoms. The van der Waals surface area contributed by atoms with Crippen LogP contribution in [-0.4, -0.2) is 70.3 Å². The molecule has 11 heteroatoms. The van der Waals surface area contributed by atoms with Crippen molar-refractivity contribution in [2.75, 3.05) is 44.9 Å². The Morgan fingerprint density at radius 1 is 1.07 bits per heavy atom. The number of benzene rings is 2. The van der Waals surface area contributed by atoms with Gasteiger partial charge in [0.1, 0.15) is 12.4 Å². The third kappa shape index (κ3) is 8.19. The molecule has 2 heterocycles. The number of rotatable bonds is 5. The van der Waals surface area contributed by atoms with Crippen LogP contribution in [0.2, 0.25) is 5.02 Å². The highest BCUT2D eigenvalue weighted by Crippen LogP contribution is 2.46. The van der Waals surface area contributed by atoms with Crippen LogP contribution < -0.4 is 14.4 Å². The molecule has 0 aromatic heterocycles. The lowest BCUT2D eigenvalue weighted by Gasteiger charge is -2.49. The minimum atomic E-state index is -3.95. The molecule has 2 bridgehead atoms. The topological polar surface area (TPSA) is 114 Å². The first-order chi connectivity index (χ1) is 22.0. The van der Waals surface area contributed by atoms with Crippen molar-refractivity contribution in [3.63, 3.8) is 0 Å². The monoisotopic (exact) mass is 676 g/mol. The van der Waals surface area contributed by atoms with Gasteiger partial charge in [0, 0.05) is 30.8 Å². The van der Waals surface area contributed by atoms with E-state index < -0.39 is 26.8 Å². The van der Waals surface area contributed by atoms with Gasteiger partial charge in [-0.05, 0) is 111 Å². The van der Waals surface area contributed by atoms with Crippen molar-refractivity contribution in [3.05, 3.63) is 58.1 Å². The van der Waals surface area contributed by atoms with Gasteiger partial charge in [-0.25, -0.2) is 13.1 Å². The molecule has 3 aliphatic rings. The number of halogens is 1. The van der Waals surface area contributed by atoms with E-state index in [1.54, 1.807) is 32.2 Å². The molecule has 5 atom stereocenters. The molecular formula is C35H49ClN2O7S. The van der Waals surface area contributed by atoms with Gasteiger partial charge in [-0.3, -0.25) is 4.79 Å². The summed E-state index contributed by atoms with van der Waals surface area (Å²) in [6.45, 7) is 6.32. The number of nitrogens with zero attached hydrogens (tertiary/aromatic N) is 1. The highest BCUT2D eigenvalue weighted by atomic mass is 35.5. The third-order valence-electron chi connectivity index (χ3n) is 10.4. The Kier molecular flexibility index (Phi) is 11.6. The fourth-order valence-electron chi connectivity index (χ4n) is 7.17. The second-order valence-electron chi connectivity index (χ2n) is 13.4. The maximum Gasteiger partial charge on any atom is 0.264 e. The first kappa shape index (κ1) is 35.0. The maximum atomic E-state index is 13.4. The van der Waals surface area contributed by atoms with Crippen molar-refractivity contribution in [3.8, 4) is 5.75 Å². The minimum absolute atomic E-state index is 0.0276. The fraction of sp³-hybridized carbons (Fsp3) is 0.629. The summed E-state index contributed by atoms with van der Waals surface area (Å²) in [5.74, 6) is 0.00160. The molecule has 1 amide bonds. The molecule has 1 saturated carbocycles. The molecule has 254 valence electrons. The standard InChI is InChI=1S/C35H49ClN2O7S/c1-24-7-6-15-35(40,23-44-18-17-43-3)31-13-10-28(31)21-38-16-5-4-8-26-19-30(36)12-9-29(26)22-45-33-14-11-27(20-32(33)38)34(39)37-46(41,42)25(24)2/h9,11-12,14,19-20,24-25,28,31,40H,4-8,10,13,15-18,21-23H2,1-3H3,(H,37,39)/t24-,25+,28-,31+,35+/m0/s1. The molecule has 5 rings (SSSR count). The van der Waals surface area contributed by atoms with Gasteiger partial charge in [-0.15, -0.1) is 0 Å². The summed E-state index contributed by atoms with van der Waals surface area (Å²) in [5.41, 5.74) is 2.20. The van der Waals surface area contributed by atoms with Gasteiger partial charge < -0.3 is 24.2 Å². The third-order valence-corrected chi connectivity index (χ3v) is 12.5. The van der Waals surface area contributed by atoms with Crippen molar-refractivity contribution < 1.29 is 32.5 Å². The Bertz CT molecular complexity index is 1470. The zero-order valence-electron chi connectivity index (χ0n) is 27.3. The van der Waals surface area contributed by atoms with Gasteiger partial charge in [0.15, 0.2) is 0 Å². The Labute approximate surface area is 279 Å². The van der Waals surface area contributed by atoms with E-state index >= 15 is 0 Å². The van der Waals surface area contributed by atoms with E-state index in [9.17, 15) is 18.3 Å². The number of hydrogen-bond acceptors (Lipinski definition) is 8. The molecule has 46 heavy (non-hydrogen) atoms. The summed E-state index contributed by atoms with van der Waals surface area (Å²) < 4.78 is 46.6. The van der Waals surface area contributed by atoms with Gasteiger partial charge in [-0.1, -0.05) is 31.0 Å². The number of ether oxygens (including phenoxy) is 3. The lowest BCUT2D eigenvalue weighted by molar-refractivity contribution is -0.135. The summed E-state index contributed by atoms with van der Waals surface area (Å²) in [6, 6.07) is 11.0. The van der Waals surface area contributed by atoms with Crippen LogP contribution in [0.5, 0.6) is 5.75 Å². The quantitative estimate of drug-likeness (QED) is 0.385. The van der Waals surface area contributed by atoms with Crippen LogP contribution in [-0.2, 0) is 32.5 Å². The number of sulfonamides is 1. The lowest BCUT2D eigenvalue weighted by atomic mass is 9.63. The number of aliphatic hydroxyl groups is 1. The fourth-order valence-corrected chi connectivity index (χ4v) is 8.67. The molecule has 2 aliphatic heterocycles. The first-order valence-electron chi connectivity index (χ1n) is 16.6. The van der Waals surface area contributed by atoms with E-state index in [4.69, 9.17) is 25.8 Å². The van der Waals surface area contributed by atoms with E-state index in [1.807, 2.05) is 25.1 Å². The van der Waals surface area contributed by atoms with Gasteiger partial charge in [0.25, 0.3) is 5.91 Å². The number of hydrogen-bond donors (Lipinski definition) is 2. The van der Waals surface area contributed by atoms with Crippen molar-refractivity contribution in [2.45, 2.75) is 82.7 Å². The number of carbonyl (C=O) groups excluding carboxylic acids is 1. The van der Waals surface area contributed by atoms with Crippen molar-refractivity contribution >= 4 is 33.2 Å². The molecular weight excluding hydrogens is 628 g/mol. The second-order valence-corrected chi connectivity index (χ2v) is 15.9. The minimum Gasteiger partial charge on any atom is -0.487 e. The normalized spacial score (nSPS) is 28.8. The zero-order chi connectivity index (χ0) is 32.9. The number of anilines is 1. The number of methoxy groups -OCH3 is 1. The van der Waals surface area contributed by atoms with Crippen LogP contribution in [0.4, 0.5) is 5.69 Å². The van der Waals surface area contributed by atoms with E-state index in [1.165, 1.54) is 0 Å². The Morgan fingerprint density at radius 3 is 2.65 bits per heavy atom. The Hall–Kier alpha value is -2.37. The number of fused-ring (bicyclic) bond motifs is 3. The largest absolute Gasteiger partial charge is 0.487 e. The van der Waals surface area contributed by atoms with Gasteiger partial charge in [-0.2, -0.15) is 0 Å². The van der Waals surface area contributed by atoms with Crippen LogP contribution in [0.1, 0.15) is 80.3 Å². The van der Waals surface area contributed by atoms with Crippen molar-refractivity contribution in [1.29, 1.82) is 0 Å². The van der Waals surface area contributed by atoms with Crippen LogP contribution in [0.15, 0.2) is 36.4 Å². The van der Waals surface area contributed by atoms with Crippen molar-refractivity contribution in [2.24, 2.45) is 17.8 Å². The molecule has 2 N–H and O–H groups in total. The smallest absolute Gasteiger partial charge is 0.264 e. The van der Waals surface area contributed by atoms with E-state index in [2.05, 4.69) is 9.62 Å².